The van der Waals surface area contributed by atoms with E-state index in [0.717, 1.165) is 48.4 Å². The van der Waals surface area contributed by atoms with Gasteiger partial charge in [0.1, 0.15) is 5.82 Å². The van der Waals surface area contributed by atoms with Crippen molar-refractivity contribution in [1.29, 1.82) is 0 Å². The first-order valence-electron chi connectivity index (χ1n) is 13.6. The summed E-state index contributed by atoms with van der Waals surface area (Å²) in [4.78, 5) is 19.2. The van der Waals surface area contributed by atoms with Crippen LogP contribution in [0.2, 0.25) is 0 Å². The number of nitrogens with zero attached hydrogens (tertiary/aromatic N) is 3. The van der Waals surface area contributed by atoms with Gasteiger partial charge >= 0.3 is 6.18 Å². The summed E-state index contributed by atoms with van der Waals surface area (Å²) in [6, 6.07) is 18.5. The second-order valence-corrected chi connectivity index (χ2v) is 11.0. The molecule has 1 amide bonds. The van der Waals surface area contributed by atoms with Gasteiger partial charge in [0.25, 0.3) is 0 Å². The summed E-state index contributed by atoms with van der Waals surface area (Å²) in [6.07, 6.45) is 3.42. The zero-order valence-electron chi connectivity index (χ0n) is 21.4. The van der Waals surface area contributed by atoms with Crippen LogP contribution in [0.1, 0.15) is 36.0 Å². The smallest absolute Gasteiger partial charge is 0.342 e. The van der Waals surface area contributed by atoms with Gasteiger partial charge in [0.15, 0.2) is 0 Å². The lowest BCUT2D eigenvalue weighted by molar-refractivity contribution is -0.136. The number of rotatable bonds is 5. The lowest BCUT2D eigenvalue weighted by atomic mass is 9.99. The number of hydrogen-bond donors (Lipinski definition) is 0. The van der Waals surface area contributed by atoms with Crippen LogP contribution in [-0.2, 0) is 23.9 Å². The minimum atomic E-state index is -4.50. The van der Waals surface area contributed by atoms with Crippen LogP contribution in [-0.4, -0.2) is 33.4 Å². The molecule has 1 saturated carbocycles. The third-order valence-corrected chi connectivity index (χ3v) is 8.29. The lowest BCUT2D eigenvalue weighted by Gasteiger charge is -2.19. The van der Waals surface area contributed by atoms with Gasteiger partial charge < -0.3 is 9.47 Å². The third-order valence-electron chi connectivity index (χ3n) is 8.29. The highest BCUT2D eigenvalue weighted by molar-refractivity contribution is 5.85. The molecule has 0 bridgehead atoms. The van der Waals surface area contributed by atoms with E-state index in [0.29, 0.717) is 31.0 Å². The van der Waals surface area contributed by atoms with Crippen molar-refractivity contribution in [1.82, 2.24) is 14.5 Å². The summed E-state index contributed by atoms with van der Waals surface area (Å²) in [6.45, 7) is 1.62. The maximum absolute atomic E-state index is 14.1. The van der Waals surface area contributed by atoms with Crippen LogP contribution in [0.3, 0.4) is 0 Å². The Labute approximate surface area is 224 Å². The molecule has 39 heavy (non-hydrogen) atoms. The molecule has 7 rings (SSSR count). The molecule has 3 aliphatic rings. The van der Waals surface area contributed by atoms with Crippen LogP contribution in [0.15, 0.2) is 66.7 Å². The van der Waals surface area contributed by atoms with E-state index >= 15 is 0 Å². The lowest BCUT2D eigenvalue weighted by Crippen LogP contribution is -2.30. The first-order chi connectivity index (χ1) is 18.8. The fourth-order valence-electron chi connectivity index (χ4n) is 6.08. The molecule has 1 atom stereocenters. The largest absolute Gasteiger partial charge is 0.418 e. The molecule has 1 saturated heterocycles. The molecule has 0 radical (unpaired) electrons. The number of amides is 1. The van der Waals surface area contributed by atoms with Crippen LogP contribution < -0.4 is 0 Å². The molecule has 198 valence electrons. The number of benzene rings is 3. The molecule has 2 fully saturated rings. The molecule has 7 heteroatoms. The zero-order valence-corrected chi connectivity index (χ0v) is 21.4. The summed E-state index contributed by atoms with van der Waals surface area (Å²) in [5, 5.41) is 0. The first kappa shape index (κ1) is 24.2. The topological polar surface area (TPSA) is 38.1 Å². The van der Waals surface area contributed by atoms with Crippen molar-refractivity contribution in [2.24, 2.45) is 11.8 Å². The summed E-state index contributed by atoms with van der Waals surface area (Å²) >= 11 is 0. The monoisotopic (exact) mass is 527 g/mol. The number of para-hydroxylation sites is 1. The van der Waals surface area contributed by atoms with Crippen LogP contribution in [0.4, 0.5) is 13.2 Å². The maximum atomic E-state index is 14.1. The molecular formula is C32H28F3N3O. The number of carbonyl (C=O) groups is 1. The normalized spacial score (nSPS) is 18.7. The summed E-state index contributed by atoms with van der Waals surface area (Å²) in [5.74, 6) is 0.938. The van der Waals surface area contributed by atoms with Gasteiger partial charge in [0, 0.05) is 31.1 Å². The van der Waals surface area contributed by atoms with Crippen LogP contribution in [0.5, 0.6) is 0 Å². The molecule has 2 aliphatic carbocycles. The SMILES string of the molecule is O=C(C1CC1)N1CC[C@@H](Cn2c(-c3ccc(-c4ccc5c(c4)C=CC5)cc3)nc3cccc(C(F)(F)F)c32)C1. The summed E-state index contributed by atoms with van der Waals surface area (Å²) in [5.41, 5.74) is 5.23. The van der Waals surface area contributed by atoms with Crippen LogP contribution in [0.25, 0.3) is 39.6 Å². The van der Waals surface area contributed by atoms with E-state index < -0.39 is 11.7 Å². The van der Waals surface area contributed by atoms with Crippen LogP contribution >= 0.6 is 0 Å². The molecule has 1 aliphatic heterocycles. The van der Waals surface area contributed by atoms with Crippen molar-refractivity contribution >= 4 is 23.0 Å². The fraction of sp³-hybridized carbons (Fsp3) is 0.312. The number of imidazole rings is 1. The molecule has 4 aromatic rings. The second-order valence-electron chi connectivity index (χ2n) is 11.0. The van der Waals surface area contributed by atoms with Crippen LogP contribution in [0, 0.1) is 11.8 Å². The van der Waals surface area contributed by atoms with E-state index in [4.69, 9.17) is 4.98 Å². The van der Waals surface area contributed by atoms with Crippen molar-refractivity contribution in [2.75, 3.05) is 13.1 Å². The van der Waals surface area contributed by atoms with Crippen molar-refractivity contribution in [3.05, 3.63) is 83.4 Å². The average Bonchev–Trinajstić information content (AvgIpc) is 3.32. The van der Waals surface area contributed by atoms with Gasteiger partial charge in [0.05, 0.1) is 16.6 Å². The van der Waals surface area contributed by atoms with Gasteiger partial charge in [-0.2, -0.15) is 13.2 Å². The second kappa shape index (κ2) is 9.11. The number of likely N-dealkylation sites (tertiary alicyclic amines) is 1. The number of alkyl halides is 3. The Morgan fingerprint density at radius 1 is 0.949 bits per heavy atom. The first-order valence-corrected chi connectivity index (χ1v) is 13.6. The van der Waals surface area contributed by atoms with Crippen molar-refractivity contribution < 1.29 is 18.0 Å². The zero-order chi connectivity index (χ0) is 26.7. The number of fused-ring (bicyclic) bond motifs is 2. The molecule has 0 unspecified atom stereocenters. The molecule has 3 aromatic carbocycles. The highest BCUT2D eigenvalue weighted by Gasteiger charge is 2.38. The number of halogens is 3. The Kier molecular flexibility index (Phi) is 5.65. The predicted octanol–water partition coefficient (Wildman–Crippen LogP) is 7.22. The number of carbonyl (C=O) groups excluding carboxylic acids is 1. The average molecular weight is 528 g/mol. The van der Waals surface area contributed by atoms with Gasteiger partial charge in [-0.15, -0.1) is 0 Å². The molecule has 1 aromatic heterocycles. The Balaban J connectivity index is 1.26. The Bertz CT molecular complexity index is 1610. The molecule has 0 N–H and O–H groups in total. The molecule has 2 heterocycles. The fourth-order valence-corrected chi connectivity index (χ4v) is 6.08. The number of hydrogen-bond acceptors (Lipinski definition) is 2. The molecule has 0 spiro atoms. The number of allylic oxidation sites excluding steroid dienone is 1. The summed E-state index contributed by atoms with van der Waals surface area (Å²) < 4.78 is 44.1. The standard InChI is InChI=1S/C32H28F3N3O/c33-32(34,35)27-5-2-6-28-29(27)38(19-20-15-16-37(18-20)31(39)24-12-13-24)30(36-28)23-10-7-22(8-11-23)26-14-9-21-3-1-4-25(21)17-26/h1-2,4-11,14,17,20,24H,3,12-13,15-16,18-19H2/t20-/m1/s1. The van der Waals surface area contributed by atoms with Gasteiger partial charge in [0.2, 0.25) is 5.91 Å². The van der Waals surface area contributed by atoms with E-state index in [1.165, 1.54) is 17.2 Å². The van der Waals surface area contributed by atoms with Gasteiger partial charge in [-0.3, -0.25) is 4.79 Å². The van der Waals surface area contributed by atoms with Gasteiger partial charge in [-0.1, -0.05) is 54.6 Å². The Morgan fingerprint density at radius 3 is 2.49 bits per heavy atom. The Hall–Kier alpha value is -3.87. The van der Waals surface area contributed by atoms with Crippen molar-refractivity contribution in [3.8, 4) is 22.5 Å². The van der Waals surface area contributed by atoms with Crippen molar-refractivity contribution in [2.45, 2.75) is 38.4 Å². The molecular weight excluding hydrogens is 499 g/mol. The predicted molar refractivity (Wildman–Crippen MR) is 146 cm³/mol. The van der Waals surface area contributed by atoms with E-state index in [1.807, 2.05) is 29.2 Å². The quantitative estimate of drug-likeness (QED) is 0.275. The number of aromatic nitrogens is 2. The van der Waals surface area contributed by atoms with Crippen molar-refractivity contribution in [3.63, 3.8) is 0 Å². The highest BCUT2D eigenvalue weighted by atomic mass is 19.4. The van der Waals surface area contributed by atoms with E-state index in [9.17, 15) is 18.0 Å². The Morgan fingerprint density at radius 2 is 1.72 bits per heavy atom. The van der Waals surface area contributed by atoms with E-state index in [-0.39, 0.29) is 23.3 Å². The van der Waals surface area contributed by atoms with Gasteiger partial charge in [-0.25, -0.2) is 4.98 Å². The molecule has 4 nitrogen and oxygen atoms in total. The summed E-state index contributed by atoms with van der Waals surface area (Å²) in [7, 11) is 0. The van der Waals surface area contributed by atoms with E-state index in [1.54, 1.807) is 10.6 Å². The highest BCUT2D eigenvalue weighted by Crippen LogP contribution is 2.39. The third kappa shape index (κ3) is 4.44. The maximum Gasteiger partial charge on any atom is 0.418 e. The van der Waals surface area contributed by atoms with Gasteiger partial charge in [-0.05, 0) is 72.1 Å². The minimum Gasteiger partial charge on any atom is -0.342 e. The van der Waals surface area contributed by atoms with E-state index in [2.05, 4.69) is 30.4 Å². The minimum absolute atomic E-state index is 0.0730.